The van der Waals surface area contributed by atoms with Gasteiger partial charge in [-0.15, -0.1) is 0 Å². The molecule has 0 atom stereocenters. The maximum absolute atomic E-state index is 13.4. The van der Waals surface area contributed by atoms with Gasteiger partial charge in [0, 0.05) is 12.1 Å². The van der Waals surface area contributed by atoms with Crippen molar-refractivity contribution >= 4 is 5.69 Å². The molecule has 0 unspecified atom stereocenters. The summed E-state index contributed by atoms with van der Waals surface area (Å²) in [6.07, 6.45) is 1.54. The summed E-state index contributed by atoms with van der Waals surface area (Å²) in [4.78, 5) is 0. The highest BCUT2D eigenvalue weighted by Gasteiger charge is 2.09. The normalized spacial score (nSPS) is 10.7. The van der Waals surface area contributed by atoms with Crippen LogP contribution in [0.3, 0.4) is 0 Å². The first-order chi connectivity index (χ1) is 9.13. The highest BCUT2D eigenvalue weighted by Crippen LogP contribution is 2.17. The molecule has 102 valence electrons. The van der Waals surface area contributed by atoms with Crippen molar-refractivity contribution in [2.75, 3.05) is 12.0 Å². The maximum Gasteiger partial charge on any atom is 0.163 e. The second kappa shape index (κ2) is 5.77. The predicted octanol–water partition coefficient (Wildman–Crippen LogP) is 3.05. The lowest BCUT2D eigenvalue weighted by Crippen LogP contribution is -2.06. The number of hydrogen-bond donors (Lipinski definition) is 1. The lowest BCUT2D eigenvalue weighted by atomic mass is 10.2. The van der Waals surface area contributed by atoms with Crippen LogP contribution in [-0.4, -0.2) is 16.5 Å². The number of nitrogens with zero attached hydrogens (tertiary/aromatic N) is 2. The summed E-state index contributed by atoms with van der Waals surface area (Å²) < 4.78 is 40.2. The Kier molecular flexibility index (Phi) is 4.09. The van der Waals surface area contributed by atoms with Crippen molar-refractivity contribution in [3.63, 3.8) is 0 Å². The van der Waals surface area contributed by atoms with Gasteiger partial charge in [0.25, 0.3) is 0 Å². The fraction of sp³-hybridized carbons (Fsp3) is 0.308. The third-order valence-electron chi connectivity index (χ3n) is 2.90. The molecule has 2 aromatic rings. The summed E-state index contributed by atoms with van der Waals surface area (Å²) in [5.41, 5.74) is 1.67. The van der Waals surface area contributed by atoms with E-state index in [1.54, 1.807) is 13.1 Å². The maximum atomic E-state index is 13.4. The summed E-state index contributed by atoms with van der Waals surface area (Å²) in [7, 11) is 0. The number of aromatic nitrogens is 2. The molecule has 0 aliphatic carbocycles. The number of benzene rings is 1. The fourth-order valence-electron chi connectivity index (χ4n) is 1.80. The van der Waals surface area contributed by atoms with Crippen molar-refractivity contribution in [3.8, 4) is 0 Å². The van der Waals surface area contributed by atoms with Crippen LogP contribution in [0.1, 0.15) is 11.3 Å². The molecule has 0 aliphatic rings. The Labute approximate surface area is 109 Å². The Hall–Kier alpha value is -1.98. The van der Waals surface area contributed by atoms with Gasteiger partial charge in [-0.1, -0.05) is 12.1 Å². The van der Waals surface area contributed by atoms with Crippen molar-refractivity contribution in [3.05, 3.63) is 47.3 Å². The van der Waals surface area contributed by atoms with E-state index < -0.39 is 18.3 Å². The summed E-state index contributed by atoms with van der Waals surface area (Å²) in [5, 5.41) is 6.97. The zero-order valence-electron chi connectivity index (χ0n) is 10.5. The van der Waals surface area contributed by atoms with E-state index in [-0.39, 0.29) is 18.7 Å². The molecule has 0 saturated carbocycles. The van der Waals surface area contributed by atoms with Gasteiger partial charge in [0.2, 0.25) is 0 Å². The van der Waals surface area contributed by atoms with E-state index in [9.17, 15) is 13.2 Å². The molecular weight excluding hydrogens is 255 g/mol. The zero-order valence-corrected chi connectivity index (χ0v) is 10.5. The van der Waals surface area contributed by atoms with Crippen molar-refractivity contribution in [2.24, 2.45) is 0 Å². The number of aryl methyl sites for hydroxylation is 1. The standard InChI is InChI=1S/C13H14F3N3/c1-9-12(8-18-19(9)6-5-14)17-7-10-3-2-4-11(15)13(10)16/h2-4,8,17H,5-7H2,1H3. The zero-order chi connectivity index (χ0) is 13.8. The minimum atomic E-state index is -0.871. The molecule has 0 aliphatic heterocycles. The molecule has 0 amide bonds. The van der Waals surface area contributed by atoms with Crippen LogP contribution in [0.25, 0.3) is 0 Å². The Morgan fingerprint density at radius 2 is 2.11 bits per heavy atom. The number of halogens is 3. The Bertz CT molecular complexity index is 566. The molecule has 19 heavy (non-hydrogen) atoms. The van der Waals surface area contributed by atoms with E-state index >= 15 is 0 Å². The van der Waals surface area contributed by atoms with Crippen molar-refractivity contribution < 1.29 is 13.2 Å². The lowest BCUT2D eigenvalue weighted by molar-refractivity contribution is 0.423. The summed E-state index contributed by atoms with van der Waals surface area (Å²) in [5.74, 6) is -1.73. The van der Waals surface area contributed by atoms with Crippen molar-refractivity contribution in [1.29, 1.82) is 0 Å². The van der Waals surface area contributed by atoms with Crippen LogP contribution < -0.4 is 5.32 Å². The van der Waals surface area contributed by atoms with Gasteiger partial charge < -0.3 is 5.32 Å². The highest BCUT2D eigenvalue weighted by molar-refractivity contribution is 5.46. The largest absolute Gasteiger partial charge is 0.378 e. The monoisotopic (exact) mass is 269 g/mol. The number of rotatable bonds is 5. The van der Waals surface area contributed by atoms with Crippen LogP contribution in [-0.2, 0) is 13.1 Å². The number of nitrogens with one attached hydrogen (secondary N) is 1. The van der Waals surface area contributed by atoms with Gasteiger partial charge in [0.15, 0.2) is 11.6 Å². The molecule has 0 bridgehead atoms. The average Bonchev–Trinajstić information content (AvgIpc) is 2.74. The molecule has 0 saturated heterocycles. The smallest absolute Gasteiger partial charge is 0.163 e. The molecule has 1 heterocycles. The van der Waals surface area contributed by atoms with Crippen LogP contribution >= 0.6 is 0 Å². The summed E-state index contributed by atoms with van der Waals surface area (Å²) >= 11 is 0. The van der Waals surface area contributed by atoms with Crippen LogP contribution in [0.15, 0.2) is 24.4 Å². The predicted molar refractivity (Wildman–Crippen MR) is 66.6 cm³/mol. The molecule has 6 heteroatoms. The van der Waals surface area contributed by atoms with Gasteiger partial charge in [0.05, 0.1) is 24.1 Å². The molecule has 1 aromatic heterocycles. The molecule has 0 radical (unpaired) electrons. The Morgan fingerprint density at radius 3 is 2.84 bits per heavy atom. The molecule has 2 rings (SSSR count). The van der Waals surface area contributed by atoms with Gasteiger partial charge in [-0.3, -0.25) is 4.68 Å². The first kappa shape index (κ1) is 13.5. The molecular formula is C13H14F3N3. The Balaban J connectivity index is 2.08. The number of anilines is 1. The second-order valence-corrected chi connectivity index (χ2v) is 4.12. The molecule has 1 aromatic carbocycles. The minimum absolute atomic E-state index is 0.145. The molecule has 0 spiro atoms. The highest BCUT2D eigenvalue weighted by atomic mass is 19.2. The van der Waals surface area contributed by atoms with E-state index in [2.05, 4.69) is 10.4 Å². The second-order valence-electron chi connectivity index (χ2n) is 4.12. The molecule has 3 nitrogen and oxygen atoms in total. The third-order valence-corrected chi connectivity index (χ3v) is 2.90. The molecule has 1 N–H and O–H groups in total. The van der Waals surface area contributed by atoms with Gasteiger partial charge in [-0.25, -0.2) is 13.2 Å². The SMILES string of the molecule is Cc1c(NCc2cccc(F)c2F)cnn1CCF. The van der Waals surface area contributed by atoms with E-state index in [1.165, 1.54) is 16.8 Å². The van der Waals surface area contributed by atoms with Crippen LogP contribution in [0, 0.1) is 18.6 Å². The fourth-order valence-corrected chi connectivity index (χ4v) is 1.80. The van der Waals surface area contributed by atoms with E-state index in [0.717, 1.165) is 11.8 Å². The lowest BCUT2D eigenvalue weighted by Gasteiger charge is -2.07. The number of alkyl halides is 1. The topological polar surface area (TPSA) is 29.9 Å². The van der Waals surface area contributed by atoms with Crippen LogP contribution in [0.2, 0.25) is 0 Å². The Morgan fingerprint density at radius 1 is 1.32 bits per heavy atom. The minimum Gasteiger partial charge on any atom is -0.378 e. The van der Waals surface area contributed by atoms with Gasteiger partial charge >= 0.3 is 0 Å². The summed E-state index contributed by atoms with van der Waals surface area (Å²) in [6.45, 7) is 1.61. The van der Waals surface area contributed by atoms with E-state index in [0.29, 0.717) is 5.69 Å². The van der Waals surface area contributed by atoms with Gasteiger partial charge in [-0.05, 0) is 13.0 Å². The number of hydrogen-bond acceptors (Lipinski definition) is 2. The van der Waals surface area contributed by atoms with Crippen molar-refractivity contribution in [2.45, 2.75) is 20.0 Å². The first-order valence-corrected chi connectivity index (χ1v) is 5.88. The average molecular weight is 269 g/mol. The van der Waals surface area contributed by atoms with Gasteiger partial charge in [-0.2, -0.15) is 5.10 Å². The van der Waals surface area contributed by atoms with Gasteiger partial charge in [0.1, 0.15) is 6.67 Å². The third kappa shape index (κ3) is 2.89. The van der Waals surface area contributed by atoms with Crippen molar-refractivity contribution in [1.82, 2.24) is 9.78 Å². The van der Waals surface area contributed by atoms with Crippen LogP contribution in [0.4, 0.5) is 18.9 Å². The van der Waals surface area contributed by atoms with E-state index in [4.69, 9.17) is 0 Å². The first-order valence-electron chi connectivity index (χ1n) is 5.88. The van der Waals surface area contributed by atoms with Crippen LogP contribution in [0.5, 0.6) is 0 Å². The van der Waals surface area contributed by atoms with E-state index in [1.807, 2.05) is 0 Å². The summed E-state index contributed by atoms with van der Waals surface area (Å²) in [6, 6.07) is 4.03. The molecule has 0 fully saturated rings. The quantitative estimate of drug-likeness (QED) is 0.904.